The van der Waals surface area contributed by atoms with Gasteiger partial charge in [-0.05, 0) is 18.6 Å². The van der Waals surface area contributed by atoms with Crippen LogP contribution in [-0.4, -0.2) is 36.1 Å². The molecular formula is C13H17N3O4. The first kappa shape index (κ1) is 15.5. The van der Waals surface area contributed by atoms with Crippen molar-refractivity contribution in [2.45, 2.75) is 12.8 Å². The van der Waals surface area contributed by atoms with Crippen LogP contribution in [0.4, 0.5) is 10.5 Å². The number of hydrogen-bond donors (Lipinski definition) is 3. The van der Waals surface area contributed by atoms with E-state index in [0.717, 1.165) is 5.69 Å². The number of para-hydroxylation sites is 1. The average molecular weight is 279 g/mol. The van der Waals surface area contributed by atoms with Crippen LogP contribution in [0.15, 0.2) is 30.3 Å². The normalized spacial score (nSPS) is 9.80. The summed E-state index contributed by atoms with van der Waals surface area (Å²) >= 11 is 0. The van der Waals surface area contributed by atoms with Crippen molar-refractivity contribution in [1.29, 1.82) is 0 Å². The van der Waals surface area contributed by atoms with Crippen LogP contribution in [-0.2, 0) is 9.59 Å². The van der Waals surface area contributed by atoms with Crippen LogP contribution in [0.2, 0.25) is 0 Å². The van der Waals surface area contributed by atoms with E-state index in [9.17, 15) is 14.4 Å². The van der Waals surface area contributed by atoms with E-state index in [1.807, 2.05) is 23.5 Å². The Morgan fingerprint density at radius 3 is 2.40 bits per heavy atom. The van der Waals surface area contributed by atoms with Crippen molar-refractivity contribution in [1.82, 2.24) is 5.32 Å². The number of nitrogens with zero attached hydrogens (tertiary/aromatic N) is 1. The van der Waals surface area contributed by atoms with Crippen molar-refractivity contribution in [2.24, 2.45) is 5.73 Å². The van der Waals surface area contributed by atoms with Crippen LogP contribution < -0.4 is 16.0 Å². The van der Waals surface area contributed by atoms with Gasteiger partial charge in [-0.15, -0.1) is 0 Å². The van der Waals surface area contributed by atoms with E-state index in [-0.39, 0.29) is 13.0 Å². The maximum Gasteiger partial charge on any atom is 0.318 e. The third kappa shape index (κ3) is 5.85. The lowest BCUT2D eigenvalue weighted by Gasteiger charge is -2.23. The molecule has 1 aromatic carbocycles. The number of aliphatic carboxylic acids is 1. The zero-order chi connectivity index (χ0) is 15.0. The predicted molar refractivity (Wildman–Crippen MR) is 73.3 cm³/mol. The Hall–Kier alpha value is -2.57. The topological polar surface area (TPSA) is 113 Å². The summed E-state index contributed by atoms with van der Waals surface area (Å²) in [5.74, 6) is -1.42. The van der Waals surface area contributed by atoms with E-state index in [2.05, 4.69) is 0 Å². The molecule has 0 fully saturated rings. The Balaban J connectivity index is 2.66. The fraction of sp³-hybridized carbons (Fsp3) is 0.308. The molecule has 7 nitrogen and oxygen atoms in total. The van der Waals surface area contributed by atoms with E-state index in [1.165, 1.54) is 0 Å². The molecule has 0 aliphatic rings. The fourth-order valence-electron chi connectivity index (χ4n) is 1.71. The minimum absolute atomic E-state index is 0.0147. The minimum Gasteiger partial charge on any atom is -0.481 e. The molecule has 0 bridgehead atoms. The number of anilines is 1. The number of carboxylic acids is 1. The lowest BCUT2D eigenvalue weighted by atomic mass is 10.2. The summed E-state index contributed by atoms with van der Waals surface area (Å²) in [7, 11) is 0. The van der Waals surface area contributed by atoms with Crippen LogP contribution in [0.1, 0.15) is 12.8 Å². The number of nitrogens with two attached hydrogens (primary N) is 1. The molecule has 0 aliphatic heterocycles. The molecule has 1 rings (SSSR count). The number of nitrogens with one attached hydrogen (secondary N) is 1. The number of urea groups is 1. The van der Waals surface area contributed by atoms with E-state index < -0.39 is 17.9 Å². The minimum atomic E-state index is -0.909. The maximum atomic E-state index is 11.6. The zero-order valence-corrected chi connectivity index (χ0v) is 10.9. The summed E-state index contributed by atoms with van der Waals surface area (Å²) in [5.41, 5.74) is 5.66. The van der Waals surface area contributed by atoms with Gasteiger partial charge in [-0.25, -0.2) is 4.79 Å². The van der Waals surface area contributed by atoms with Gasteiger partial charge in [0.15, 0.2) is 0 Å². The molecule has 4 N–H and O–H groups in total. The van der Waals surface area contributed by atoms with Crippen LogP contribution in [0, 0.1) is 0 Å². The molecule has 0 unspecified atom stereocenters. The van der Waals surface area contributed by atoms with Crippen molar-refractivity contribution in [3.05, 3.63) is 30.3 Å². The SMILES string of the molecule is NC(=O)NC(=O)CN(CCCC(=O)O)c1ccccc1. The second-order valence-electron chi connectivity index (χ2n) is 4.17. The molecule has 0 radical (unpaired) electrons. The number of imide groups is 1. The Morgan fingerprint density at radius 2 is 1.85 bits per heavy atom. The third-order valence-electron chi connectivity index (χ3n) is 2.54. The fourth-order valence-corrected chi connectivity index (χ4v) is 1.71. The van der Waals surface area contributed by atoms with E-state index in [4.69, 9.17) is 10.8 Å². The Labute approximate surface area is 116 Å². The molecule has 0 aliphatic carbocycles. The molecule has 0 atom stereocenters. The largest absolute Gasteiger partial charge is 0.481 e. The van der Waals surface area contributed by atoms with Gasteiger partial charge in [0.2, 0.25) is 5.91 Å². The number of carboxylic acid groups (broad SMARTS) is 1. The van der Waals surface area contributed by atoms with Gasteiger partial charge in [-0.3, -0.25) is 14.9 Å². The number of carbonyl (C=O) groups is 3. The van der Waals surface area contributed by atoms with Crippen LogP contribution in [0.5, 0.6) is 0 Å². The summed E-state index contributed by atoms with van der Waals surface area (Å²) in [6.45, 7) is 0.328. The molecule has 20 heavy (non-hydrogen) atoms. The molecule has 0 saturated carbocycles. The van der Waals surface area contributed by atoms with E-state index in [0.29, 0.717) is 13.0 Å². The second kappa shape index (κ2) is 7.78. The van der Waals surface area contributed by atoms with Crippen molar-refractivity contribution in [3.8, 4) is 0 Å². The summed E-state index contributed by atoms with van der Waals surface area (Å²) in [6.07, 6.45) is 0.412. The first-order valence-electron chi connectivity index (χ1n) is 6.10. The molecular weight excluding hydrogens is 262 g/mol. The van der Waals surface area contributed by atoms with E-state index in [1.54, 1.807) is 17.0 Å². The number of benzene rings is 1. The number of hydrogen-bond acceptors (Lipinski definition) is 4. The molecule has 0 aromatic heterocycles. The Bertz CT molecular complexity index is 476. The van der Waals surface area contributed by atoms with Crippen LogP contribution in [0.3, 0.4) is 0 Å². The van der Waals surface area contributed by atoms with Gasteiger partial charge < -0.3 is 15.7 Å². The average Bonchev–Trinajstić information content (AvgIpc) is 2.37. The van der Waals surface area contributed by atoms with Gasteiger partial charge in [-0.1, -0.05) is 18.2 Å². The van der Waals surface area contributed by atoms with Gasteiger partial charge in [0.05, 0.1) is 6.54 Å². The predicted octanol–water partition coefficient (Wildman–Crippen LogP) is 0.553. The lowest BCUT2D eigenvalue weighted by molar-refractivity contribution is -0.137. The molecule has 7 heteroatoms. The van der Waals surface area contributed by atoms with Crippen molar-refractivity contribution in [2.75, 3.05) is 18.0 Å². The number of rotatable bonds is 7. The van der Waals surface area contributed by atoms with Gasteiger partial charge in [0.25, 0.3) is 0 Å². The van der Waals surface area contributed by atoms with Crippen LogP contribution >= 0.6 is 0 Å². The molecule has 3 amide bonds. The summed E-state index contributed by atoms with van der Waals surface area (Å²) in [5, 5.41) is 10.6. The zero-order valence-electron chi connectivity index (χ0n) is 10.9. The summed E-state index contributed by atoms with van der Waals surface area (Å²) in [6, 6.07) is 8.16. The highest BCUT2D eigenvalue weighted by molar-refractivity contribution is 5.95. The highest BCUT2D eigenvalue weighted by Crippen LogP contribution is 2.13. The molecule has 0 heterocycles. The summed E-state index contributed by atoms with van der Waals surface area (Å²) in [4.78, 5) is 34.4. The highest BCUT2D eigenvalue weighted by Gasteiger charge is 2.13. The Morgan fingerprint density at radius 1 is 1.20 bits per heavy atom. The van der Waals surface area contributed by atoms with Gasteiger partial charge in [-0.2, -0.15) is 0 Å². The molecule has 108 valence electrons. The standard InChI is InChI=1S/C13H17N3O4/c14-13(20)15-11(17)9-16(8-4-7-12(18)19)10-5-2-1-3-6-10/h1-3,5-6H,4,7-9H2,(H,18,19)(H3,14,15,17,20). The second-order valence-corrected chi connectivity index (χ2v) is 4.17. The summed E-state index contributed by atoms with van der Waals surface area (Å²) < 4.78 is 0. The molecule has 1 aromatic rings. The molecule has 0 spiro atoms. The quantitative estimate of drug-likeness (QED) is 0.674. The van der Waals surface area contributed by atoms with E-state index >= 15 is 0 Å². The number of primary amides is 1. The van der Waals surface area contributed by atoms with Gasteiger partial charge >= 0.3 is 12.0 Å². The number of amides is 3. The van der Waals surface area contributed by atoms with Crippen molar-refractivity contribution >= 4 is 23.6 Å². The van der Waals surface area contributed by atoms with Crippen molar-refractivity contribution < 1.29 is 19.5 Å². The van der Waals surface area contributed by atoms with Crippen LogP contribution in [0.25, 0.3) is 0 Å². The third-order valence-corrected chi connectivity index (χ3v) is 2.54. The molecule has 0 saturated heterocycles. The number of carbonyl (C=O) groups excluding carboxylic acids is 2. The highest BCUT2D eigenvalue weighted by atomic mass is 16.4. The Kier molecular flexibility index (Phi) is 6.02. The monoisotopic (exact) mass is 279 g/mol. The first-order chi connectivity index (χ1) is 9.49. The van der Waals surface area contributed by atoms with Crippen molar-refractivity contribution in [3.63, 3.8) is 0 Å². The lowest BCUT2D eigenvalue weighted by Crippen LogP contribution is -2.42. The van der Waals surface area contributed by atoms with Gasteiger partial charge in [0.1, 0.15) is 0 Å². The maximum absolute atomic E-state index is 11.6. The smallest absolute Gasteiger partial charge is 0.318 e. The van der Waals surface area contributed by atoms with Gasteiger partial charge in [0, 0.05) is 18.7 Å². The first-order valence-corrected chi connectivity index (χ1v) is 6.10.